The maximum atomic E-state index is 10.4. The fraction of sp³-hybridized carbons (Fsp3) is 0. The first kappa shape index (κ1) is 7.82. The van der Waals surface area contributed by atoms with Crippen molar-refractivity contribution in [2.75, 3.05) is 10.5 Å². The van der Waals surface area contributed by atoms with E-state index in [0.29, 0.717) is 0 Å². The van der Waals surface area contributed by atoms with E-state index >= 15 is 0 Å². The number of anilines is 2. The van der Waals surface area contributed by atoms with Gasteiger partial charge < -0.3 is 5.73 Å². The Morgan fingerprint density at radius 3 is 2.64 bits per heavy atom. The highest BCUT2D eigenvalue weighted by Gasteiger charge is 2.06. The molecule has 0 aliphatic carbocycles. The first-order chi connectivity index (χ1) is 4.99. The number of aromatic nitrogens is 2. The van der Waals surface area contributed by atoms with Crippen LogP contribution in [0, 0.1) is 0 Å². The lowest BCUT2D eigenvalue weighted by molar-refractivity contribution is 0.602. The summed E-state index contributed by atoms with van der Waals surface area (Å²) < 4.78 is 22.8. The largest absolute Gasteiger partial charge is 0.394 e. The van der Waals surface area contributed by atoms with Gasteiger partial charge in [-0.05, 0) is 0 Å². The molecule has 0 aliphatic heterocycles. The molecule has 6 N–H and O–H groups in total. The molecule has 62 valence electrons. The first-order valence-corrected chi connectivity index (χ1v) is 4.13. The van der Waals surface area contributed by atoms with Crippen LogP contribution in [0.1, 0.15) is 0 Å². The van der Waals surface area contributed by atoms with E-state index in [4.69, 9.17) is 5.73 Å². The minimum absolute atomic E-state index is 0.0764. The van der Waals surface area contributed by atoms with Crippen LogP contribution in [0.3, 0.4) is 0 Å². The summed E-state index contributed by atoms with van der Waals surface area (Å²) in [6, 6.07) is 0. The molecule has 0 aliphatic rings. The third kappa shape index (κ3) is 2.09. The van der Waals surface area contributed by atoms with Gasteiger partial charge in [-0.3, -0.25) is 9.82 Å². The van der Waals surface area contributed by atoms with Gasteiger partial charge in [0.05, 0.1) is 11.9 Å². The van der Waals surface area contributed by atoms with E-state index in [1.807, 2.05) is 4.72 Å². The number of nitrogens with two attached hydrogens (primary N) is 2. The highest BCUT2D eigenvalue weighted by atomic mass is 32.2. The van der Waals surface area contributed by atoms with E-state index in [1.54, 1.807) is 0 Å². The van der Waals surface area contributed by atoms with Crippen LogP contribution in [0.2, 0.25) is 0 Å². The molecule has 7 nitrogen and oxygen atoms in total. The molecule has 0 fully saturated rings. The zero-order valence-electron chi connectivity index (χ0n) is 5.40. The average Bonchev–Trinajstić information content (AvgIpc) is 2.12. The summed E-state index contributed by atoms with van der Waals surface area (Å²) >= 11 is 0. The minimum atomic E-state index is -3.77. The lowest BCUT2D eigenvalue weighted by Gasteiger charge is -1.98. The molecule has 0 spiro atoms. The Hall–Kier alpha value is -1.28. The SMILES string of the molecule is Nc1cn[nH]c1NS(N)(=O)=O. The van der Waals surface area contributed by atoms with Crippen molar-refractivity contribution in [2.24, 2.45) is 5.14 Å². The van der Waals surface area contributed by atoms with Crippen LogP contribution in [0.5, 0.6) is 0 Å². The highest BCUT2D eigenvalue weighted by molar-refractivity contribution is 7.90. The van der Waals surface area contributed by atoms with E-state index < -0.39 is 10.2 Å². The number of aromatic amines is 1. The summed E-state index contributed by atoms with van der Waals surface area (Å²) in [6.45, 7) is 0. The fourth-order valence-corrected chi connectivity index (χ4v) is 0.967. The number of rotatable bonds is 2. The molecule has 0 amide bonds. The molecule has 8 heteroatoms. The monoisotopic (exact) mass is 177 g/mol. The van der Waals surface area contributed by atoms with Crippen molar-refractivity contribution in [3.8, 4) is 0 Å². The number of hydrogen-bond donors (Lipinski definition) is 4. The molecule has 0 bridgehead atoms. The molecule has 0 unspecified atom stereocenters. The van der Waals surface area contributed by atoms with Gasteiger partial charge in [-0.15, -0.1) is 0 Å². The number of nitrogens with one attached hydrogen (secondary N) is 2. The van der Waals surface area contributed by atoms with Crippen LogP contribution in [0.4, 0.5) is 11.5 Å². The third-order valence-corrected chi connectivity index (χ3v) is 1.40. The molecule has 11 heavy (non-hydrogen) atoms. The molecule has 1 aromatic rings. The quantitative estimate of drug-likeness (QED) is 0.443. The van der Waals surface area contributed by atoms with Gasteiger partial charge in [-0.2, -0.15) is 13.5 Å². The minimum Gasteiger partial charge on any atom is -0.394 e. The summed E-state index contributed by atoms with van der Waals surface area (Å²) in [5, 5.41) is 10.4. The molecular weight excluding hydrogens is 170 g/mol. The van der Waals surface area contributed by atoms with Gasteiger partial charge in [0.25, 0.3) is 10.2 Å². The van der Waals surface area contributed by atoms with Crippen molar-refractivity contribution in [1.82, 2.24) is 10.2 Å². The second-order valence-corrected chi connectivity index (χ2v) is 3.14. The molecule has 1 aromatic heterocycles. The smallest absolute Gasteiger partial charge is 0.297 e. The van der Waals surface area contributed by atoms with E-state index in [9.17, 15) is 8.42 Å². The van der Waals surface area contributed by atoms with Crippen molar-refractivity contribution in [2.45, 2.75) is 0 Å². The van der Waals surface area contributed by atoms with E-state index in [2.05, 4.69) is 15.3 Å². The van der Waals surface area contributed by atoms with Crippen molar-refractivity contribution in [3.05, 3.63) is 6.20 Å². The summed E-state index contributed by atoms with van der Waals surface area (Å²) in [7, 11) is -3.77. The van der Waals surface area contributed by atoms with Gasteiger partial charge >= 0.3 is 0 Å². The average molecular weight is 177 g/mol. The van der Waals surface area contributed by atoms with Crippen LogP contribution in [0.15, 0.2) is 6.20 Å². The van der Waals surface area contributed by atoms with Crippen molar-refractivity contribution < 1.29 is 8.42 Å². The molecule has 0 saturated heterocycles. The van der Waals surface area contributed by atoms with Gasteiger partial charge in [0.2, 0.25) is 0 Å². The third-order valence-electron chi connectivity index (χ3n) is 0.913. The number of nitrogens with zero attached hydrogens (tertiary/aromatic N) is 1. The van der Waals surface area contributed by atoms with Gasteiger partial charge in [0.15, 0.2) is 5.82 Å². The van der Waals surface area contributed by atoms with Crippen molar-refractivity contribution in [3.63, 3.8) is 0 Å². The van der Waals surface area contributed by atoms with Gasteiger partial charge in [0, 0.05) is 0 Å². The predicted molar refractivity (Wildman–Crippen MR) is 39.7 cm³/mol. The number of hydrogen-bond acceptors (Lipinski definition) is 4. The van der Waals surface area contributed by atoms with Crippen LogP contribution < -0.4 is 15.6 Å². The maximum absolute atomic E-state index is 10.4. The normalized spacial score (nSPS) is 11.4. The molecule has 0 atom stereocenters. The standard InChI is InChI=1S/C3H7N5O2S/c4-2-1-6-7-3(2)8-11(5,9)10/h1H,4H2,(H2,5,9,10)(H2,6,7,8). The van der Waals surface area contributed by atoms with E-state index in [0.717, 1.165) is 0 Å². The zero-order chi connectivity index (χ0) is 8.48. The summed E-state index contributed by atoms with van der Waals surface area (Å²) in [5.41, 5.74) is 5.47. The zero-order valence-corrected chi connectivity index (χ0v) is 6.22. The molecule has 0 radical (unpaired) electrons. The maximum Gasteiger partial charge on any atom is 0.297 e. The van der Waals surface area contributed by atoms with Crippen molar-refractivity contribution in [1.29, 1.82) is 0 Å². The molecule has 1 rings (SSSR count). The van der Waals surface area contributed by atoms with Gasteiger partial charge in [-0.1, -0.05) is 0 Å². The number of nitrogen functional groups attached to an aromatic ring is 1. The second-order valence-electron chi connectivity index (χ2n) is 1.85. The lowest BCUT2D eigenvalue weighted by atomic mass is 10.6. The summed E-state index contributed by atoms with van der Waals surface area (Å²) in [5.74, 6) is 0.0764. The summed E-state index contributed by atoms with van der Waals surface area (Å²) in [6.07, 6.45) is 1.27. The van der Waals surface area contributed by atoms with Crippen molar-refractivity contribution >= 4 is 21.7 Å². The van der Waals surface area contributed by atoms with Crippen LogP contribution in [0.25, 0.3) is 0 Å². The Bertz CT molecular complexity index is 340. The Labute approximate surface area is 63.0 Å². The Kier molecular flexibility index (Phi) is 1.71. The van der Waals surface area contributed by atoms with Crippen LogP contribution >= 0.6 is 0 Å². The Morgan fingerprint density at radius 2 is 2.27 bits per heavy atom. The molecule has 0 saturated carbocycles. The first-order valence-electron chi connectivity index (χ1n) is 2.58. The molecule has 1 heterocycles. The predicted octanol–water partition coefficient (Wildman–Crippen LogP) is -1.39. The summed E-state index contributed by atoms with van der Waals surface area (Å²) in [4.78, 5) is 0. The van der Waals surface area contributed by atoms with E-state index in [-0.39, 0.29) is 11.5 Å². The van der Waals surface area contributed by atoms with Crippen LogP contribution in [-0.4, -0.2) is 18.6 Å². The van der Waals surface area contributed by atoms with Gasteiger partial charge in [0.1, 0.15) is 0 Å². The van der Waals surface area contributed by atoms with E-state index in [1.165, 1.54) is 6.20 Å². The highest BCUT2D eigenvalue weighted by Crippen LogP contribution is 2.12. The topological polar surface area (TPSA) is 127 Å². The molecular formula is C3H7N5O2S. The second kappa shape index (κ2) is 2.40. The molecule has 0 aromatic carbocycles. The Morgan fingerprint density at radius 1 is 1.64 bits per heavy atom. The lowest BCUT2D eigenvalue weighted by Crippen LogP contribution is -2.22. The number of H-pyrrole nitrogens is 1. The van der Waals surface area contributed by atoms with Gasteiger partial charge in [-0.25, -0.2) is 5.14 Å². The van der Waals surface area contributed by atoms with Crippen LogP contribution in [-0.2, 0) is 10.2 Å². The Balaban J connectivity index is 2.89. The fourth-order valence-electron chi connectivity index (χ4n) is 0.519.